The van der Waals surface area contributed by atoms with Gasteiger partial charge in [-0.1, -0.05) is 32.3 Å². The summed E-state index contributed by atoms with van der Waals surface area (Å²) in [6, 6.07) is 3.93. The summed E-state index contributed by atoms with van der Waals surface area (Å²) in [5, 5.41) is 10.5. The fourth-order valence-electron chi connectivity index (χ4n) is 3.03. The highest BCUT2D eigenvalue weighted by atomic mass is 16.3. The lowest BCUT2D eigenvalue weighted by atomic mass is 9.85. The van der Waals surface area contributed by atoms with Gasteiger partial charge in [0.2, 0.25) is 0 Å². The number of aliphatic hydroxyl groups excluding tert-OH is 1. The van der Waals surface area contributed by atoms with Gasteiger partial charge in [-0.05, 0) is 31.2 Å². The lowest BCUT2D eigenvalue weighted by molar-refractivity contribution is 0.0834. The van der Waals surface area contributed by atoms with E-state index in [9.17, 15) is 5.11 Å². The van der Waals surface area contributed by atoms with Gasteiger partial charge in [-0.25, -0.2) is 0 Å². The molecule has 0 amide bonds. The van der Waals surface area contributed by atoms with E-state index < -0.39 is 0 Å². The van der Waals surface area contributed by atoms with E-state index in [1.807, 2.05) is 19.1 Å². The molecule has 0 aliphatic heterocycles. The van der Waals surface area contributed by atoms with Gasteiger partial charge >= 0.3 is 0 Å². The number of pyridine rings is 1. The van der Waals surface area contributed by atoms with Crippen molar-refractivity contribution in [3.05, 3.63) is 29.6 Å². The van der Waals surface area contributed by atoms with Gasteiger partial charge in [-0.3, -0.25) is 4.98 Å². The van der Waals surface area contributed by atoms with E-state index in [-0.39, 0.29) is 6.10 Å². The molecule has 1 aliphatic carbocycles. The molecule has 3 unspecified atom stereocenters. The second-order valence-electron chi connectivity index (χ2n) is 4.89. The van der Waals surface area contributed by atoms with E-state index in [1.165, 1.54) is 19.3 Å². The van der Waals surface area contributed by atoms with Crippen LogP contribution in [0.3, 0.4) is 0 Å². The van der Waals surface area contributed by atoms with Crippen LogP contribution in [0.15, 0.2) is 18.3 Å². The van der Waals surface area contributed by atoms with Crippen LogP contribution in [-0.2, 0) is 0 Å². The Hall–Kier alpha value is -0.890. The van der Waals surface area contributed by atoms with Crippen LogP contribution in [0.4, 0.5) is 0 Å². The van der Waals surface area contributed by atoms with Crippen molar-refractivity contribution >= 4 is 0 Å². The number of nitrogens with zero attached hydrogens (tertiary/aromatic N) is 1. The quantitative estimate of drug-likeness (QED) is 0.846. The molecule has 1 aromatic heterocycles. The van der Waals surface area contributed by atoms with Crippen LogP contribution in [0.25, 0.3) is 0 Å². The zero-order valence-corrected chi connectivity index (χ0v) is 10.2. The Morgan fingerprint density at radius 3 is 3.00 bits per heavy atom. The molecular formula is C14H21NO. The van der Waals surface area contributed by atoms with Crippen molar-refractivity contribution in [2.75, 3.05) is 0 Å². The largest absolute Gasteiger partial charge is 0.388 e. The minimum atomic E-state index is -0.318. The molecule has 88 valence electrons. The lowest BCUT2D eigenvalue weighted by Crippen LogP contribution is -2.17. The number of aliphatic hydroxyl groups is 1. The minimum Gasteiger partial charge on any atom is -0.388 e. The average molecular weight is 219 g/mol. The first-order valence-corrected chi connectivity index (χ1v) is 6.33. The Bertz CT molecular complexity index is 350. The Labute approximate surface area is 97.7 Å². The Morgan fingerprint density at radius 2 is 2.31 bits per heavy atom. The van der Waals surface area contributed by atoms with Gasteiger partial charge < -0.3 is 5.11 Å². The second kappa shape index (κ2) is 4.96. The Balaban J connectivity index is 2.18. The molecule has 16 heavy (non-hydrogen) atoms. The van der Waals surface area contributed by atoms with Crippen molar-refractivity contribution in [3.8, 4) is 0 Å². The SMILES string of the molecule is CCC1CCCC1C(O)c1cccnc1C. The topological polar surface area (TPSA) is 33.1 Å². The summed E-state index contributed by atoms with van der Waals surface area (Å²) in [6.45, 7) is 4.21. The Kier molecular flexibility index (Phi) is 3.59. The average Bonchev–Trinajstić information content (AvgIpc) is 2.77. The van der Waals surface area contributed by atoms with Crippen molar-refractivity contribution < 1.29 is 5.11 Å². The molecular weight excluding hydrogens is 198 g/mol. The number of rotatable bonds is 3. The highest BCUT2D eigenvalue weighted by Crippen LogP contribution is 2.42. The number of aromatic nitrogens is 1. The number of hydrogen-bond donors (Lipinski definition) is 1. The van der Waals surface area contributed by atoms with E-state index >= 15 is 0 Å². The molecule has 2 rings (SSSR count). The van der Waals surface area contributed by atoms with Crippen molar-refractivity contribution in [2.24, 2.45) is 11.8 Å². The van der Waals surface area contributed by atoms with Crippen LogP contribution in [0.1, 0.15) is 50.0 Å². The fourth-order valence-corrected chi connectivity index (χ4v) is 3.03. The molecule has 2 nitrogen and oxygen atoms in total. The molecule has 0 bridgehead atoms. The maximum atomic E-state index is 10.5. The molecule has 0 aromatic carbocycles. The molecule has 0 spiro atoms. The van der Waals surface area contributed by atoms with Crippen molar-refractivity contribution in [1.82, 2.24) is 4.98 Å². The summed E-state index contributed by atoms with van der Waals surface area (Å²) >= 11 is 0. The molecule has 1 saturated carbocycles. The summed E-state index contributed by atoms with van der Waals surface area (Å²) in [6.07, 6.45) is 6.35. The summed E-state index contributed by atoms with van der Waals surface area (Å²) in [5.74, 6) is 1.13. The normalized spacial score (nSPS) is 26.9. The van der Waals surface area contributed by atoms with E-state index in [0.717, 1.165) is 17.7 Å². The number of aryl methyl sites for hydroxylation is 1. The molecule has 3 atom stereocenters. The molecule has 0 saturated heterocycles. The van der Waals surface area contributed by atoms with Crippen LogP contribution in [-0.4, -0.2) is 10.1 Å². The van der Waals surface area contributed by atoms with Crippen molar-refractivity contribution in [2.45, 2.75) is 45.6 Å². The fraction of sp³-hybridized carbons (Fsp3) is 0.643. The maximum Gasteiger partial charge on any atom is 0.0838 e. The van der Waals surface area contributed by atoms with Crippen LogP contribution in [0, 0.1) is 18.8 Å². The zero-order valence-electron chi connectivity index (χ0n) is 10.2. The molecule has 1 aromatic rings. The van der Waals surface area contributed by atoms with Gasteiger partial charge in [0, 0.05) is 17.5 Å². The van der Waals surface area contributed by atoms with Gasteiger partial charge in [0.15, 0.2) is 0 Å². The smallest absolute Gasteiger partial charge is 0.0838 e. The molecule has 0 radical (unpaired) electrons. The zero-order chi connectivity index (χ0) is 11.5. The highest BCUT2D eigenvalue weighted by molar-refractivity contribution is 5.22. The van der Waals surface area contributed by atoms with Gasteiger partial charge in [0.1, 0.15) is 0 Å². The third kappa shape index (κ3) is 2.12. The highest BCUT2D eigenvalue weighted by Gasteiger charge is 2.32. The molecule has 2 heteroatoms. The van der Waals surface area contributed by atoms with Gasteiger partial charge in [0.05, 0.1) is 6.10 Å². The van der Waals surface area contributed by atoms with Crippen LogP contribution >= 0.6 is 0 Å². The molecule has 1 fully saturated rings. The lowest BCUT2D eigenvalue weighted by Gasteiger charge is -2.25. The van der Waals surface area contributed by atoms with Crippen molar-refractivity contribution in [3.63, 3.8) is 0 Å². The van der Waals surface area contributed by atoms with E-state index in [4.69, 9.17) is 0 Å². The monoisotopic (exact) mass is 219 g/mol. The Morgan fingerprint density at radius 1 is 1.50 bits per heavy atom. The predicted molar refractivity (Wildman–Crippen MR) is 65.1 cm³/mol. The van der Waals surface area contributed by atoms with Crippen LogP contribution in [0.2, 0.25) is 0 Å². The standard InChI is InChI=1S/C14H21NO/c1-3-11-6-4-7-13(11)14(16)12-8-5-9-15-10(12)2/h5,8-9,11,13-14,16H,3-4,6-7H2,1-2H3. The van der Waals surface area contributed by atoms with Gasteiger partial charge in [-0.15, -0.1) is 0 Å². The van der Waals surface area contributed by atoms with E-state index in [1.54, 1.807) is 6.20 Å². The summed E-state index contributed by atoms with van der Waals surface area (Å²) < 4.78 is 0. The maximum absolute atomic E-state index is 10.5. The summed E-state index contributed by atoms with van der Waals surface area (Å²) in [7, 11) is 0. The summed E-state index contributed by atoms with van der Waals surface area (Å²) in [5.41, 5.74) is 1.99. The third-order valence-corrected chi connectivity index (χ3v) is 4.01. The molecule has 1 N–H and O–H groups in total. The molecule has 1 heterocycles. The molecule has 1 aliphatic rings. The first-order chi connectivity index (χ1) is 7.74. The summed E-state index contributed by atoms with van der Waals surface area (Å²) in [4.78, 5) is 4.26. The minimum absolute atomic E-state index is 0.318. The second-order valence-corrected chi connectivity index (χ2v) is 4.89. The van der Waals surface area contributed by atoms with Crippen LogP contribution in [0.5, 0.6) is 0 Å². The first-order valence-electron chi connectivity index (χ1n) is 6.33. The first kappa shape index (κ1) is 11.6. The van der Waals surface area contributed by atoms with Crippen molar-refractivity contribution in [1.29, 1.82) is 0 Å². The van der Waals surface area contributed by atoms with E-state index in [0.29, 0.717) is 11.8 Å². The third-order valence-electron chi connectivity index (χ3n) is 4.01. The van der Waals surface area contributed by atoms with Crippen LogP contribution < -0.4 is 0 Å². The van der Waals surface area contributed by atoms with E-state index in [2.05, 4.69) is 11.9 Å². The van der Waals surface area contributed by atoms with Gasteiger partial charge in [0.25, 0.3) is 0 Å². The predicted octanol–water partition coefficient (Wildman–Crippen LogP) is 3.25. The van der Waals surface area contributed by atoms with Gasteiger partial charge in [-0.2, -0.15) is 0 Å². The number of hydrogen-bond acceptors (Lipinski definition) is 2.